The van der Waals surface area contributed by atoms with E-state index in [-0.39, 0.29) is 0 Å². The molecule has 15 nitrogen and oxygen atoms in total. The highest BCUT2D eigenvalue weighted by Gasteiger charge is 2.82. The number of hydrogen-bond acceptors (Lipinski definition) is 15. The van der Waals surface area contributed by atoms with Gasteiger partial charge in [0.15, 0.2) is 0 Å². The van der Waals surface area contributed by atoms with Gasteiger partial charge < -0.3 is 43.7 Å². The lowest BCUT2D eigenvalue weighted by Gasteiger charge is -2.47. The third kappa shape index (κ3) is 3.75. The molecule has 0 aliphatic carbocycles. The maximum atomic E-state index is 12.1. The van der Waals surface area contributed by atoms with E-state index in [1.807, 2.05) is 0 Å². The fourth-order valence-electron chi connectivity index (χ4n) is 2.54. The van der Waals surface area contributed by atoms with Crippen LogP contribution >= 0.6 is 0 Å². The molecule has 0 unspecified atom stereocenters. The predicted octanol–water partition coefficient (Wildman–Crippen LogP) is -3.70. The van der Waals surface area contributed by atoms with E-state index in [2.05, 4.69) is 18.9 Å². The normalized spacial score (nSPS) is 23.3. The molecule has 164 valence electrons. The van der Waals surface area contributed by atoms with Crippen LogP contribution in [0.2, 0.25) is 0 Å². The second-order valence-corrected chi connectivity index (χ2v) is 5.81. The van der Waals surface area contributed by atoms with Crippen molar-refractivity contribution < 1.29 is 72.5 Å². The minimum absolute atomic E-state index is 0.384. The average molecular weight is 442 g/mol. The largest absolute Gasteiger partial charge is 0.427 e. The van der Waals surface area contributed by atoms with Crippen LogP contribution in [0.5, 0.6) is 0 Å². The first-order valence-electron chi connectivity index (χ1n) is 7.93. The monoisotopic (exact) mass is 442 g/mol. The maximum absolute atomic E-state index is 12.1. The van der Waals surface area contributed by atoms with Gasteiger partial charge in [-0.25, -0.2) is 28.8 Å². The topological polar surface area (TPSA) is 218 Å². The molecule has 0 bridgehead atoms. The third-order valence-electron chi connectivity index (χ3n) is 3.72. The van der Waals surface area contributed by atoms with Gasteiger partial charge in [0.05, 0.1) is 0 Å². The smallest absolute Gasteiger partial charge is 0.413 e. The van der Waals surface area contributed by atoms with Crippen LogP contribution in [0.1, 0.15) is 0 Å². The molecule has 0 spiro atoms. The Kier molecular flexibility index (Phi) is 5.10. The maximum Gasteiger partial charge on any atom is 0.427 e. The molecule has 3 aliphatic rings. The summed E-state index contributed by atoms with van der Waals surface area (Å²) < 4.78 is 28.1. The summed E-state index contributed by atoms with van der Waals surface area (Å²) in [6.45, 7) is 0. The molecule has 0 aromatic rings. The Labute approximate surface area is 169 Å². The Morgan fingerprint density at radius 1 is 0.581 bits per heavy atom. The SMILES string of the molecule is O=C1C=CC(=O)OC(C2(C3(C(O)(O)O)OC(=O)C=CC(=O)O3)OC(=O)C=CC(=O)O2)O1. The van der Waals surface area contributed by atoms with Crippen molar-refractivity contribution in [1.82, 2.24) is 0 Å². The molecule has 3 N–H and O–H groups in total. The molecule has 0 saturated carbocycles. The van der Waals surface area contributed by atoms with Crippen LogP contribution in [0, 0.1) is 0 Å². The van der Waals surface area contributed by atoms with Gasteiger partial charge in [0.2, 0.25) is 0 Å². The number of aliphatic hydroxyl groups is 3. The molecule has 0 fully saturated rings. The molecule has 0 amide bonds. The molecule has 3 aliphatic heterocycles. The second-order valence-electron chi connectivity index (χ2n) is 5.81. The summed E-state index contributed by atoms with van der Waals surface area (Å²) in [5, 5.41) is 30.0. The molecule has 31 heavy (non-hydrogen) atoms. The van der Waals surface area contributed by atoms with Crippen molar-refractivity contribution in [3.8, 4) is 0 Å². The summed E-state index contributed by atoms with van der Waals surface area (Å²) >= 11 is 0. The zero-order valence-electron chi connectivity index (χ0n) is 14.8. The highest BCUT2D eigenvalue weighted by Crippen LogP contribution is 2.45. The lowest BCUT2D eigenvalue weighted by molar-refractivity contribution is -0.517. The van der Waals surface area contributed by atoms with Gasteiger partial charge in [-0.15, -0.1) is 0 Å². The Morgan fingerprint density at radius 3 is 1.26 bits per heavy atom. The van der Waals surface area contributed by atoms with Gasteiger partial charge in [-0.2, -0.15) is 0 Å². The highest BCUT2D eigenvalue weighted by molar-refractivity contribution is 5.96. The summed E-state index contributed by atoms with van der Waals surface area (Å²) in [5.41, 5.74) is 0. The van der Waals surface area contributed by atoms with Crippen molar-refractivity contribution in [2.45, 2.75) is 23.8 Å². The first-order chi connectivity index (χ1) is 14.4. The van der Waals surface area contributed by atoms with Gasteiger partial charge in [-0.05, 0) is 0 Å². The van der Waals surface area contributed by atoms with Crippen molar-refractivity contribution in [1.29, 1.82) is 0 Å². The van der Waals surface area contributed by atoms with Crippen molar-refractivity contribution in [2.24, 2.45) is 0 Å². The van der Waals surface area contributed by atoms with Gasteiger partial charge >= 0.3 is 59.7 Å². The molecule has 0 saturated heterocycles. The van der Waals surface area contributed by atoms with Crippen molar-refractivity contribution in [2.75, 3.05) is 0 Å². The van der Waals surface area contributed by atoms with Crippen LogP contribution in [-0.4, -0.2) is 75.0 Å². The summed E-state index contributed by atoms with van der Waals surface area (Å²) in [4.78, 5) is 72.0. The summed E-state index contributed by atoms with van der Waals surface area (Å²) in [6, 6.07) is 0. The predicted molar refractivity (Wildman–Crippen MR) is 82.6 cm³/mol. The van der Waals surface area contributed by atoms with E-state index in [1.165, 1.54) is 0 Å². The van der Waals surface area contributed by atoms with E-state index in [0.717, 1.165) is 0 Å². The van der Waals surface area contributed by atoms with Crippen LogP contribution in [0.3, 0.4) is 0 Å². The van der Waals surface area contributed by atoms with Crippen LogP contribution < -0.4 is 0 Å². The Bertz CT molecular complexity index is 902. The Morgan fingerprint density at radius 2 is 0.903 bits per heavy atom. The third-order valence-corrected chi connectivity index (χ3v) is 3.72. The number of rotatable bonds is 3. The van der Waals surface area contributed by atoms with Gasteiger partial charge in [-0.3, -0.25) is 0 Å². The van der Waals surface area contributed by atoms with Crippen molar-refractivity contribution in [3.63, 3.8) is 0 Å². The molecule has 0 atom stereocenters. The van der Waals surface area contributed by atoms with E-state index in [1.54, 1.807) is 0 Å². The zero-order chi connectivity index (χ0) is 23.0. The van der Waals surface area contributed by atoms with Crippen LogP contribution in [-0.2, 0) is 57.2 Å². The molecule has 15 heteroatoms. The molecule has 0 radical (unpaired) electrons. The average Bonchev–Trinajstić information content (AvgIpc) is 3.00. The standard InChI is InChI=1S/C16H10O15/c17-7-1-2-8(18)27-13(26-7)14(28-9(19)3-4-10(20)29-14)15(16(23,24)25)30-11(21)5-6-12(22)31-15/h1-6,13,23-25H. The van der Waals surface area contributed by atoms with Crippen molar-refractivity contribution in [3.05, 3.63) is 36.5 Å². The van der Waals surface area contributed by atoms with E-state index in [9.17, 15) is 44.1 Å². The molecule has 0 aromatic heterocycles. The molecule has 3 rings (SSSR count). The van der Waals surface area contributed by atoms with Gasteiger partial charge in [0.25, 0.3) is 0 Å². The summed E-state index contributed by atoms with van der Waals surface area (Å²) in [6.07, 6.45) is -0.189. The fourth-order valence-corrected chi connectivity index (χ4v) is 2.54. The number of ether oxygens (including phenoxy) is 6. The van der Waals surface area contributed by atoms with E-state index in [4.69, 9.17) is 9.47 Å². The number of hydrogen-bond donors (Lipinski definition) is 3. The minimum atomic E-state index is -4.53. The summed E-state index contributed by atoms with van der Waals surface area (Å²) in [7, 11) is 0. The Balaban J connectivity index is 2.32. The Hall–Kier alpha value is -4.08. The van der Waals surface area contributed by atoms with E-state index in [0.29, 0.717) is 36.5 Å². The van der Waals surface area contributed by atoms with Crippen molar-refractivity contribution >= 4 is 35.8 Å². The number of cyclic esters (lactones) is 6. The first kappa shape index (κ1) is 21.6. The van der Waals surface area contributed by atoms with Gasteiger partial charge in [0, 0.05) is 36.5 Å². The van der Waals surface area contributed by atoms with Gasteiger partial charge in [-0.1, -0.05) is 0 Å². The minimum Gasteiger partial charge on any atom is -0.413 e. The molecule has 3 heterocycles. The lowest BCUT2D eigenvalue weighted by Crippen LogP contribution is -2.77. The second kappa shape index (κ2) is 7.31. The number of esters is 6. The molecular formula is C16H10O15. The number of carbonyl (C=O) groups is 6. The van der Waals surface area contributed by atoms with E-state index < -0.39 is 59.7 Å². The molecular weight excluding hydrogens is 432 g/mol. The number of carbonyl (C=O) groups excluding carboxylic acids is 6. The fraction of sp³-hybridized carbons (Fsp3) is 0.250. The highest BCUT2D eigenvalue weighted by atomic mass is 16.9. The van der Waals surface area contributed by atoms with Crippen LogP contribution in [0.15, 0.2) is 36.5 Å². The first-order valence-corrected chi connectivity index (χ1v) is 7.93. The quantitative estimate of drug-likeness (QED) is 0.218. The van der Waals surface area contributed by atoms with E-state index >= 15 is 0 Å². The van der Waals surface area contributed by atoms with Crippen LogP contribution in [0.4, 0.5) is 0 Å². The lowest BCUT2D eigenvalue weighted by atomic mass is 10.0. The zero-order valence-corrected chi connectivity index (χ0v) is 14.8. The van der Waals surface area contributed by atoms with Gasteiger partial charge in [0.1, 0.15) is 0 Å². The van der Waals surface area contributed by atoms with Crippen LogP contribution in [0.25, 0.3) is 0 Å². The molecule has 0 aromatic carbocycles. The summed E-state index contributed by atoms with van der Waals surface area (Å²) in [5.74, 6) is -21.7.